The molecule has 1 heterocycles. The number of terminal acetylenes is 1. The van der Waals surface area contributed by atoms with Gasteiger partial charge in [0.15, 0.2) is 5.16 Å². The largest absolute Gasteiger partial charge is 0.287 e. The van der Waals surface area contributed by atoms with Crippen molar-refractivity contribution in [1.29, 1.82) is 0 Å². The molecule has 0 bridgehead atoms. The Labute approximate surface area is 159 Å². The maximum Gasteiger partial charge on any atom is 0.258 e. The first-order valence-electron chi connectivity index (χ1n) is 9.50. The molecule has 0 aliphatic heterocycles. The zero-order valence-electron chi connectivity index (χ0n) is 15.3. The van der Waals surface area contributed by atoms with Gasteiger partial charge in [0, 0.05) is 17.5 Å². The van der Waals surface area contributed by atoms with Gasteiger partial charge >= 0.3 is 0 Å². The number of aromatic nitrogens is 2. The number of hydrogen-bond acceptors (Lipinski definition) is 3. The van der Waals surface area contributed by atoms with Crippen LogP contribution in [-0.4, -0.2) is 15.3 Å². The van der Waals surface area contributed by atoms with Crippen molar-refractivity contribution in [2.24, 2.45) is 0 Å². The first-order chi connectivity index (χ1) is 12.7. The minimum atomic E-state index is -0.0292. The van der Waals surface area contributed by atoms with E-state index in [2.05, 4.69) is 31.0 Å². The SMILES string of the molecule is C#CCSc1nc2c(c(=O)n1CCC)C1(CCCC1)Cc1ccccc1-2. The Bertz CT molecular complexity index is 932. The number of nitrogens with zero attached hydrogens (tertiary/aromatic N) is 2. The fourth-order valence-electron chi connectivity index (χ4n) is 4.68. The maximum absolute atomic E-state index is 13.6. The van der Waals surface area contributed by atoms with Gasteiger partial charge < -0.3 is 0 Å². The smallest absolute Gasteiger partial charge is 0.258 e. The van der Waals surface area contributed by atoms with Gasteiger partial charge in [-0.05, 0) is 31.2 Å². The van der Waals surface area contributed by atoms with Crippen molar-refractivity contribution in [3.63, 3.8) is 0 Å². The highest BCUT2D eigenvalue weighted by atomic mass is 32.2. The number of benzene rings is 1. The van der Waals surface area contributed by atoms with E-state index >= 15 is 0 Å². The monoisotopic (exact) mass is 364 g/mol. The summed E-state index contributed by atoms with van der Waals surface area (Å²) < 4.78 is 1.87. The molecule has 1 fully saturated rings. The van der Waals surface area contributed by atoms with E-state index in [1.807, 2.05) is 10.6 Å². The average molecular weight is 365 g/mol. The lowest BCUT2D eigenvalue weighted by molar-refractivity contribution is 0.414. The summed E-state index contributed by atoms with van der Waals surface area (Å²) in [5, 5.41) is 0.762. The fourth-order valence-corrected chi connectivity index (χ4v) is 5.38. The quantitative estimate of drug-likeness (QED) is 0.458. The number of hydrogen-bond donors (Lipinski definition) is 0. The standard InChI is InChI=1S/C22H24N2OS/c1-3-13-24-20(25)18-19(23-21(24)26-14-4-2)17-10-6-5-9-16(17)15-22(18)11-7-8-12-22/h2,5-6,9-10H,3,7-8,11-15H2,1H3. The van der Waals surface area contributed by atoms with Crippen molar-refractivity contribution < 1.29 is 0 Å². The third-order valence-electron chi connectivity index (χ3n) is 5.76. The molecular weight excluding hydrogens is 340 g/mol. The van der Waals surface area contributed by atoms with Gasteiger partial charge in [0.25, 0.3) is 5.56 Å². The van der Waals surface area contributed by atoms with Crippen LogP contribution in [0.3, 0.4) is 0 Å². The highest BCUT2D eigenvalue weighted by Crippen LogP contribution is 2.49. The molecule has 4 rings (SSSR count). The molecule has 0 radical (unpaired) electrons. The Morgan fingerprint density at radius 3 is 2.81 bits per heavy atom. The molecule has 1 saturated carbocycles. The summed E-state index contributed by atoms with van der Waals surface area (Å²) in [5.74, 6) is 3.19. The summed E-state index contributed by atoms with van der Waals surface area (Å²) in [4.78, 5) is 18.6. The fraction of sp³-hybridized carbons (Fsp3) is 0.455. The molecule has 26 heavy (non-hydrogen) atoms. The molecule has 1 spiro atoms. The molecule has 2 aliphatic carbocycles. The van der Waals surface area contributed by atoms with Crippen molar-refractivity contribution >= 4 is 11.8 Å². The van der Waals surface area contributed by atoms with Gasteiger partial charge in [0.2, 0.25) is 0 Å². The van der Waals surface area contributed by atoms with E-state index in [0.717, 1.165) is 47.7 Å². The predicted molar refractivity (Wildman–Crippen MR) is 108 cm³/mol. The van der Waals surface area contributed by atoms with Gasteiger partial charge in [-0.15, -0.1) is 6.42 Å². The van der Waals surface area contributed by atoms with Crippen molar-refractivity contribution in [1.82, 2.24) is 9.55 Å². The number of fused-ring (bicyclic) bond motifs is 4. The maximum atomic E-state index is 13.6. The normalized spacial score (nSPS) is 16.9. The lowest BCUT2D eigenvalue weighted by atomic mass is 9.68. The minimum absolute atomic E-state index is 0.0292. The van der Waals surface area contributed by atoms with Crippen LogP contribution in [0.4, 0.5) is 0 Å². The molecule has 1 aromatic carbocycles. The first-order valence-corrected chi connectivity index (χ1v) is 10.5. The molecule has 4 heteroatoms. The van der Waals surface area contributed by atoms with Crippen molar-refractivity contribution in [3.8, 4) is 23.6 Å². The molecule has 3 nitrogen and oxygen atoms in total. The lowest BCUT2D eigenvalue weighted by Gasteiger charge is -2.36. The topological polar surface area (TPSA) is 34.9 Å². The molecule has 1 aromatic heterocycles. The highest BCUT2D eigenvalue weighted by molar-refractivity contribution is 7.99. The van der Waals surface area contributed by atoms with Gasteiger partial charge in [-0.2, -0.15) is 0 Å². The second-order valence-corrected chi connectivity index (χ2v) is 8.33. The minimum Gasteiger partial charge on any atom is -0.287 e. The van der Waals surface area contributed by atoms with E-state index in [9.17, 15) is 4.79 Å². The Hall–Kier alpha value is -1.99. The third-order valence-corrected chi connectivity index (χ3v) is 6.64. The zero-order chi connectivity index (χ0) is 18.1. The van der Waals surface area contributed by atoms with Crippen molar-refractivity contribution in [2.75, 3.05) is 5.75 Å². The first kappa shape index (κ1) is 17.4. The van der Waals surface area contributed by atoms with Crippen LogP contribution in [0.1, 0.15) is 50.2 Å². The van der Waals surface area contributed by atoms with E-state index in [4.69, 9.17) is 11.4 Å². The van der Waals surface area contributed by atoms with Gasteiger partial charge in [-0.25, -0.2) is 4.98 Å². The zero-order valence-corrected chi connectivity index (χ0v) is 16.1. The summed E-state index contributed by atoms with van der Waals surface area (Å²) in [6, 6.07) is 8.45. The lowest BCUT2D eigenvalue weighted by Crippen LogP contribution is -2.40. The Morgan fingerprint density at radius 1 is 1.31 bits per heavy atom. The van der Waals surface area contributed by atoms with Crippen LogP contribution in [0, 0.1) is 12.3 Å². The van der Waals surface area contributed by atoms with Crippen molar-refractivity contribution in [3.05, 3.63) is 45.7 Å². The van der Waals surface area contributed by atoms with E-state index in [1.54, 1.807) is 0 Å². The Morgan fingerprint density at radius 2 is 2.08 bits per heavy atom. The summed E-state index contributed by atoms with van der Waals surface area (Å²) in [7, 11) is 0. The van der Waals surface area contributed by atoms with Gasteiger partial charge in [0.1, 0.15) is 0 Å². The van der Waals surface area contributed by atoms with E-state index < -0.39 is 0 Å². The van der Waals surface area contributed by atoms with Crippen LogP contribution in [0.15, 0.2) is 34.2 Å². The van der Waals surface area contributed by atoms with Gasteiger partial charge in [-0.3, -0.25) is 9.36 Å². The summed E-state index contributed by atoms with van der Waals surface area (Å²) in [6.45, 7) is 2.80. The Balaban J connectivity index is 2.00. The second kappa shape index (κ2) is 6.96. The van der Waals surface area contributed by atoms with Crippen molar-refractivity contribution in [2.45, 2.75) is 62.6 Å². The van der Waals surface area contributed by atoms with Crippen LogP contribution >= 0.6 is 11.8 Å². The second-order valence-electron chi connectivity index (χ2n) is 7.39. The van der Waals surface area contributed by atoms with Crippen LogP contribution in [0.2, 0.25) is 0 Å². The van der Waals surface area contributed by atoms with Crippen LogP contribution < -0.4 is 5.56 Å². The molecule has 0 saturated heterocycles. The molecular formula is C22H24N2OS. The summed E-state index contributed by atoms with van der Waals surface area (Å²) in [5.41, 5.74) is 4.46. The molecule has 0 unspecified atom stereocenters. The van der Waals surface area contributed by atoms with Crippen LogP contribution in [0.5, 0.6) is 0 Å². The molecule has 2 aromatic rings. The molecule has 0 N–H and O–H groups in total. The average Bonchev–Trinajstić information content (AvgIpc) is 3.11. The summed E-state index contributed by atoms with van der Waals surface area (Å²) in [6.07, 6.45) is 11.9. The van der Waals surface area contributed by atoms with Gasteiger partial charge in [-0.1, -0.05) is 61.7 Å². The summed E-state index contributed by atoms with van der Waals surface area (Å²) >= 11 is 1.50. The van der Waals surface area contributed by atoms with Crippen LogP contribution in [-0.2, 0) is 18.4 Å². The number of thioether (sulfide) groups is 1. The van der Waals surface area contributed by atoms with E-state index in [-0.39, 0.29) is 11.0 Å². The molecule has 0 amide bonds. The van der Waals surface area contributed by atoms with Gasteiger partial charge in [0.05, 0.1) is 17.0 Å². The Kier molecular flexibility index (Phi) is 4.67. The molecule has 134 valence electrons. The number of rotatable bonds is 4. The van der Waals surface area contributed by atoms with E-state index in [0.29, 0.717) is 12.3 Å². The van der Waals surface area contributed by atoms with Crippen LogP contribution in [0.25, 0.3) is 11.3 Å². The van der Waals surface area contributed by atoms with E-state index in [1.165, 1.54) is 30.2 Å². The third kappa shape index (κ3) is 2.70. The predicted octanol–water partition coefficient (Wildman–Crippen LogP) is 4.41. The highest BCUT2D eigenvalue weighted by Gasteiger charge is 2.44. The molecule has 0 atom stereocenters. The molecule has 2 aliphatic rings.